The zero-order chi connectivity index (χ0) is 12.3. The van der Waals surface area contributed by atoms with Gasteiger partial charge in [-0.3, -0.25) is 0 Å². The first-order valence-electron chi connectivity index (χ1n) is 5.37. The number of benzene rings is 1. The van der Waals surface area contributed by atoms with Crippen molar-refractivity contribution in [2.24, 2.45) is 0 Å². The van der Waals surface area contributed by atoms with Gasteiger partial charge in [-0.1, -0.05) is 0 Å². The Labute approximate surface area is 105 Å². The van der Waals surface area contributed by atoms with Crippen LogP contribution in [0.4, 0.5) is 5.69 Å². The molecule has 0 bridgehead atoms. The maximum atomic E-state index is 8.72. The van der Waals surface area contributed by atoms with E-state index in [9.17, 15) is 0 Å². The highest BCUT2D eigenvalue weighted by atomic mass is 32.1. The topological polar surface area (TPSA) is 48.7 Å². The molecule has 0 spiro atoms. The molecule has 2 rings (SSSR count). The molecule has 0 saturated heterocycles. The van der Waals surface area contributed by atoms with Crippen LogP contribution >= 0.6 is 11.3 Å². The molecule has 2 aromatic rings. The van der Waals surface area contributed by atoms with Gasteiger partial charge in [-0.25, -0.2) is 4.98 Å². The number of nitrogens with one attached hydrogen (secondary N) is 1. The second-order valence-corrected chi connectivity index (χ2v) is 4.74. The van der Waals surface area contributed by atoms with Gasteiger partial charge in [0.25, 0.3) is 0 Å². The van der Waals surface area contributed by atoms with Crippen LogP contribution in [0.2, 0.25) is 0 Å². The Morgan fingerprint density at radius 3 is 2.59 bits per heavy atom. The summed E-state index contributed by atoms with van der Waals surface area (Å²) >= 11 is 1.66. The Balaban J connectivity index is 2.11. The number of nitrogens with zero attached hydrogens (tertiary/aromatic N) is 2. The summed E-state index contributed by atoms with van der Waals surface area (Å²) in [5.74, 6) is 0. The van der Waals surface area contributed by atoms with Crippen molar-refractivity contribution in [3.05, 3.63) is 45.9 Å². The van der Waals surface area contributed by atoms with Crippen molar-refractivity contribution < 1.29 is 0 Å². The molecule has 0 fully saturated rings. The summed E-state index contributed by atoms with van der Waals surface area (Å²) in [6.07, 6.45) is 0. The van der Waals surface area contributed by atoms with Gasteiger partial charge in [-0.05, 0) is 38.1 Å². The highest BCUT2D eigenvalue weighted by Crippen LogP contribution is 2.25. The maximum Gasteiger partial charge on any atom is 0.0991 e. The van der Waals surface area contributed by atoms with Crippen LogP contribution < -0.4 is 5.32 Å². The van der Waals surface area contributed by atoms with Gasteiger partial charge in [0.2, 0.25) is 0 Å². The minimum atomic E-state index is 0.232. The molecule has 1 unspecified atom stereocenters. The van der Waals surface area contributed by atoms with Crippen LogP contribution in [-0.2, 0) is 0 Å². The number of nitriles is 1. The van der Waals surface area contributed by atoms with Crippen molar-refractivity contribution in [2.45, 2.75) is 19.9 Å². The van der Waals surface area contributed by atoms with E-state index in [1.54, 1.807) is 11.3 Å². The van der Waals surface area contributed by atoms with E-state index < -0.39 is 0 Å². The molecule has 0 radical (unpaired) electrons. The smallest absolute Gasteiger partial charge is 0.0991 e. The molecular formula is C13H13N3S. The summed E-state index contributed by atoms with van der Waals surface area (Å²) in [5, 5.41) is 12.1. The van der Waals surface area contributed by atoms with E-state index in [4.69, 9.17) is 5.26 Å². The first kappa shape index (κ1) is 11.6. The van der Waals surface area contributed by atoms with Gasteiger partial charge in [0.1, 0.15) is 0 Å². The van der Waals surface area contributed by atoms with Crippen molar-refractivity contribution in [3.8, 4) is 6.07 Å². The minimum absolute atomic E-state index is 0.232. The van der Waals surface area contributed by atoms with E-state index in [0.717, 1.165) is 11.4 Å². The average molecular weight is 243 g/mol. The second-order valence-electron chi connectivity index (χ2n) is 3.86. The second kappa shape index (κ2) is 4.98. The lowest BCUT2D eigenvalue weighted by Crippen LogP contribution is -2.06. The van der Waals surface area contributed by atoms with Gasteiger partial charge < -0.3 is 5.32 Å². The van der Waals surface area contributed by atoms with Crippen LogP contribution in [0.1, 0.15) is 29.1 Å². The summed E-state index contributed by atoms with van der Waals surface area (Å²) in [7, 11) is 0. The molecule has 86 valence electrons. The Hall–Kier alpha value is -1.86. The molecule has 3 nitrogen and oxygen atoms in total. The molecule has 0 amide bonds. The third-order valence-electron chi connectivity index (χ3n) is 2.57. The van der Waals surface area contributed by atoms with Crippen LogP contribution in [0.5, 0.6) is 0 Å². The first-order chi connectivity index (χ1) is 8.20. The fraction of sp³-hybridized carbons (Fsp3) is 0.231. The molecule has 0 aliphatic heterocycles. The molecule has 4 heteroatoms. The Bertz CT molecular complexity index is 537. The van der Waals surface area contributed by atoms with Gasteiger partial charge in [-0.15, -0.1) is 11.3 Å². The fourth-order valence-corrected chi connectivity index (χ4v) is 2.49. The number of aryl methyl sites for hydroxylation is 1. The lowest BCUT2D eigenvalue weighted by atomic mass is 10.2. The van der Waals surface area contributed by atoms with Crippen LogP contribution in [0, 0.1) is 18.3 Å². The summed E-state index contributed by atoms with van der Waals surface area (Å²) in [6, 6.07) is 9.81. The predicted octanol–water partition coefficient (Wildman–Crippen LogP) is 3.50. The molecular weight excluding hydrogens is 230 g/mol. The number of thiazole rings is 1. The molecule has 1 N–H and O–H groups in total. The van der Waals surface area contributed by atoms with E-state index in [1.165, 1.54) is 4.88 Å². The van der Waals surface area contributed by atoms with E-state index in [-0.39, 0.29) is 6.04 Å². The van der Waals surface area contributed by atoms with Crippen molar-refractivity contribution in [3.63, 3.8) is 0 Å². The minimum Gasteiger partial charge on any atom is -0.378 e. The molecule has 0 aliphatic rings. The number of rotatable bonds is 3. The molecule has 0 aliphatic carbocycles. The van der Waals surface area contributed by atoms with Crippen LogP contribution in [0.15, 0.2) is 29.8 Å². The summed E-state index contributed by atoms with van der Waals surface area (Å²) in [5.41, 5.74) is 4.63. The molecule has 1 aromatic carbocycles. The molecule has 1 heterocycles. The quantitative estimate of drug-likeness (QED) is 0.897. The molecule has 0 saturated carbocycles. The Morgan fingerprint density at radius 1 is 1.35 bits per heavy atom. The monoisotopic (exact) mass is 243 g/mol. The largest absolute Gasteiger partial charge is 0.378 e. The lowest BCUT2D eigenvalue weighted by Gasteiger charge is -2.14. The SMILES string of the molecule is Cc1ncsc1C(C)Nc1ccc(C#N)cc1. The van der Waals surface area contributed by atoms with Crippen LogP contribution in [-0.4, -0.2) is 4.98 Å². The Morgan fingerprint density at radius 2 is 2.06 bits per heavy atom. The van der Waals surface area contributed by atoms with Gasteiger partial charge in [0.05, 0.1) is 28.9 Å². The van der Waals surface area contributed by atoms with E-state index in [1.807, 2.05) is 36.7 Å². The van der Waals surface area contributed by atoms with Crippen molar-refractivity contribution in [1.82, 2.24) is 4.98 Å². The van der Waals surface area contributed by atoms with E-state index in [2.05, 4.69) is 23.3 Å². The average Bonchev–Trinajstić information content (AvgIpc) is 2.76. The zero-order valence-corrected chi connectivity index (χ0v) is 10.6. The Kier molecular flexibility index (Phi) is 3.40. The third-order valence-corrected chi connectivity index (χ3v) is 3.69. The normalized spacial score (nSPS) is 11.8. The van der Waals surface area contributed by atoms with Gasteiger partial charge in [0, 0.05) is 10.6 Å². The maximum absolute atomic E-state index is 8.72. The summed E-state index contributed by atoms with van der Waals surface area (Å²) in [4.78, 5) is 5.49. The molecule has 1 atom stereocenters. The number of anilines is 1. The van der Waals surface area contributed by atoms with Crippen LogP contribution in [0.3, 0.4) is 0 Å². The van der Waals surface area contributed by atoms with Gasteiger partial charge >= 0.3 is 0 Å². The molecule has 1 aromatic heterocycles. The first-order valence-corrected chi connectivity index (χ1v) is 6.25. The van der Waals surface area contributed by atoms with E-state index in [0.29, 0.717) is 5.56 Å². The highest BCUT2D eigenvalue weighted by Gasteiger charge is 2.10. The van der Waals surface area contributed by atoms with Crippen molar-refractivity contribution in [2.75, 3.05) is 5.32 Å². The molecule has 17 heavy (non-hydrogen) atoms. The fourth-order valence-electron chi connectivity index (χ4n) is 1.68. The summed E-state index contributed by atoms with van der Waals surface area (Å²) in [6.45, 7) is 4.13. The number of aromatic nitrogens is 1. The van der Waals surface area contributed by atoms with Crippen molar-refractivity contribution in [1.29, 1.82) is 5.26 Å². The van der Waals surface area contributed by atoms with Crippen LogP contribution in [0.25, 0.3) is 0 Å². The predicted molar refractivity (Wildman–Crippen MR) is 70.0 cm³/mol. The van der Waals surface area contributed by atoms with Crippen molar-refractivity contribution >= 4 is 17.0 Å². The van der Waals surface area contributed by atoms with Gasteiger partial charge in [0.15, 0.2) is 0 Å². The van der Waals surface area contributed by atoms with Gasteiger partial charge in [-0.2, -0.15) is 5.26 Å². The third kappa shape index (κ3) is 2.63. The number of hydrogen-bond acceptors (Lipinski definition) is 4. The highest BCUT2D eigenvalue weighted by molar-refractivity contribution is 7.09. The summed E-state index contributed by atoms with van der Waals surface area (Å²) < 4.78 is 0. The lowest BCUT2D eigenvalue weighted by molar-refractivity contribution is 0.890. The zero-order valence-electron chi connectivity index (χ0n) is 9.77. The number of hydrogen-bond donors (Lipinski definition) is 1. The van der Waals surface area contributed by atoms with E-state index >= 15 is 0 Å². The standard InChI is InChI=1S/C13H13N3S/c1-9-13(17-8-15-9)10(2)16-12-5-3-11(7-14)4-6-12/h3-6,8,10,16H,1-2H3.